The highest BCUT2D eigenvalue weighted by Gasteiger charge is 2.03. The number of amides is 2. The van der Waals surface area contributed by atoms with E-state index in [1.807, 2.05) is 37.3 Å². The number of urea groups is 1. The molecule has 0 aromatic heterocycles. The van der Waals surface area contributed by atoms with Gasteiger partial charge in [-0.05, 0) is 36.2 Å². The summed E-state index contributed by atoms with van der Waals surface area (Å²) in [5.74, 6) is -0.0591. The van der Waals surface area contributed by atoms with Crippen molar-refractivity contribution in [3.63, 3.8) is 0 Å². The second kappa shape index (κ2) is 7.78. The minimum absolute atomic E-state index is 0.319. The lowest BCUT2D eigenvalue weighted by molar-refractivity contribution is 0.178. The number of nitrogens with one attached hydrogen (secondary N) is 2. The van der Waals surface area contributed by atoms with Crippen LogP contribution in [-0.2, 0) is 0 Å². The fraction of sp³-hybridized carbons (Fsp3) is 0.125. The van der Waals surface area contributed by atoms with Gasteiger partial charge in [0.05, 0.1) is 5.71 Å². The monoisotopic (exact) mass is 301 g/mol. The second-order valence-corrected chi connectivity index (χ2v) is 4.38. The molecule has 0 radical (unpaired) electrons. The maximum absolute atomic E-state index is 12.7. The molecule has 0 saturated heterocycles. The third-order valence-corrected chi connectivity index (χ3v) is 2.81. The van der Waals surface area contributed by atoms with Crippen LogP contribution in [0.5, 0.6) is 5.75 Å². The molecule has 22 heavy (non-hydrogen) atoms. The van der Waals surface area contributed by atoms with Crippen LogP contribution in [0.1, 0.15) is 18.9 Å². The van der Waals surface area contributed by atoms with Crippen molar-refractivity contribution in [3.05, 3.63) is 66.0 Å². The van der Waals surface area contributed by atoms with E-state index in [4.69, 9.17) is 4.84 Å². The smallest absolute Gasteiger partial charge is 0.368 e. The van der Waals surface area contributed by atoms with Gasteiger partial charge in [0.25, 0.3) is 0 Å². The predicted octanol–water partition coefficient (Wildman–Crippen LogP) is 3.23. The van der Waals surface area contributed by atoms with Crippen molar-refractivity contribution in [2.75, 3.05) is 0 Å². The number of hydroxylamine groups is 1. The minimum Gasteiger partial charge on any atom is -0.378 e. The Hall–Kier alpha value is -2.89. The fourth-order valence-electron chi connectivity index (χ4n) is 1.73. The van der Waals surface area contributed by atoms with Gasteiger partial charge in [0.1, 0.15) is 5.82 Å². The van der Waals surface area contributed by atoms with Crippen LogP contribution in [0.4, 0.5) is 9.18 Å². The Morgan fingerprint density at radius 1 is 1.14 bits per heavy atom. The average molecular weight is 301 g/mol. The van der Waals surface area contributed by atoms with Crippen LogP contribution in [0, 0.1) is 5.82 Å². The number of hydrogen-bond donors (Lipinski definition) is 2. The van der Waals surface area contributed by atoms with Crippen molar-refractivity contribution in [1.82, 2.24) is 10.9 Å². The van der Waals surface area contributed by atoms with E-state index < -0.39 is 6.03 Å². The maximum atomic E-state index is 12.7. The van der Waals surface area contributed by atoms with Crippen LogP contribution >= 0.6 is 0 Å². The normalized spacial score (nSPS) is 10.9. The molecular weight excluding hydrogens is 285 g/mol. The van der Waals surface area contributed by atoms with Crippen LogP contribution in [0.2, 0.25) is 0 Å². The summed E-state index contributed by atoms with van der Waals surface area (Å²) in [5, 5.41) is 4.05. The van der Waals surface area contributed by atoms with Gasteiger partial charge in [0.15, 0.2) is 5.75 Å². The Morgan fingerprint density at radius 3 is 2.45 bits per heavy atom. The van der Waals surface area contributed by atoms with E-state index >= 15 is 0 Å². The highest BCUT2D eigenvalue weighted by molar-refractivity contribution is 6.00. The largest absolute Gasteiger partial charge is 0.378 e. The van der Waals surface area contributed by atoms with Gasteiger partial charge in [-0.2, -0.15) is 10.6 Å². The molecule has 0 heterocycles. The van der Waals surface area contributed by atoms with Gasteiger partial charge in [0, 0.05) is 0 Å². The van der Waals surface area contributed by atoms with Crippen molar-refractivity contribution >= 4 is 11.7 Å². The molecule has 0 saturated carbocycles. The SMILES string of the molecule is CCC(=NNC(=O)NOc1ccc(F)cc1)c1ccccc1. The molecule has 5 nitrogen and oxygen atoms in total. The molecule has 0 unspecified atom stereocenters. The van der Waals surface area contributed by atoms with E-state index in [0.29, 0.717) is 12.2 Å². The van der Waals surface area contributed by atoms with E-state index in [9.17, 15) is 9.18 Å². The van der Waals surface area contributed by atoms with Crippen LogP contribution in [0.3, 0.4) is 0 Å². The van der Waals surface area contributed by atoms with Crippen LogP contribution < -0.4 is 15.7 Å². The summed E-state index contributed by atoms with van der Waals surface area (Å²) in [6.07, 6.45) is 0.670. The molecule has 0 aliphatic rings. The van der Waals surface area contributed by atoms with Crippen LogP contribution in [0.15, 0.2) is 59.7 Å². The zero-order valence-electron chi connectivity index (χ0n) is 12.0. The Kier molecular flexibility index (Phi) is 5.48. The quantitative estimate of drug-likeness (QED) is 0.658. The number of hydrazone groups is 1. The Balaban J connectivity index is 1.88. The molecule has 0 fully saturated rings. The molecule has 0 aliphatic heterocycles. The van der Waals surface area contributed by atoms with E-state index in [0.717, 1.165) is 11.3 Å². The summed E-state index contributed by atoms with van der Waals surface area (Å²) < 4.78 is 12.7. The summed E-state index contributed by atoms with van der Waals surface area (Å²) in [6.45, 7) is 1.94. The first-order chi connectivity index (χ1) is 10.7. The lowest BCUT2D eigenvalue weighted by atomic mass is 10.1. The average Bonchev–Trinajstić information content (AvgIpc) is 2.56. The van der Waals surface area contributed by atoms with Gasteiger partial charge in [-0.25, -0.2) is 14.6 Å². The molecular formula is C16H16FN3O2. The first-order valence-electron chi connectivity index (χ1n) is 6.79. The summed E-state index contributed by atoms with van der Waals surface area (Å²) in [5.41, 5.74) is 6.21. The highest BCUT2D eigenvalue weighted by atomic mass is 19.1. The molecule has 2 rings (SSSR count). The molecule has 2 aromatic carbocycles. The van der Waals surface area contributed by atoms with E-state index in [1.54, 1.807) is 0 Å². The maximum Gasteiger partial charge on any atom is 0.368 e. The molecule has 0 aliphatic carbocycles. The van der Waals surface area contributed by atoms with Crippen molar-refractivity contribution in [1.29, 1.82) is 0 Å². The Morgan fingerprint density at radius 2 is 1.82 bits per heavy atom. The number of hydrogen-bond acceptors (Lipinski definition) is 3. The number of carbonyl (C=O) groups excluding carboxylic acids is 1. The molecule has 0 atom stereocenters. The zero-order valence-corrected chi connectivity index (χ0v) is 12.0. The van der Waals surface area contributed by atoms with Gasteiger partial charge in [-0.15, -0.1) is 0 Å². The predicted molar refractivity (Wildman–Crippen MR) is 82.0 cm³/mol. The zero-order chi connectivity index (χ0) is 15.8. The van der Waals surface area contributed by atoms with Gasteiger partial charge < -0.3 is 4.84 Å². The molecule has 2 aromatic rings. The summed E-state index contributed by atoms with van der Waals surface area (Å²) in [4.78, 5) is 16.6. The van der Waals surface area contributed by atoms with E-state index in [2.05, 4.69) is 16.0 Å². The highest BCUT2D eigenvalue weighted by Crippen LogP contribution is 2.09. The minimum atomic E-state index is -0.619. The number of benzene rings is 2. The standard InChI is InChI=1S/C16H16FN3O2/c1-2-15(12-6-4-3-5-7-12)18-19-16(21)20-22-14-10-8-13(17)9-11-14/h3-11H,2H2,1H3,(H2,19,20,21). The Labute approximate surface area is 127 Å². The third-order valence-electron chi connectivity index (χ3n) is 2.81. The first-order valence-corrected chi connectivity index (χ1v) is 6.79. The molecule has 6 heteroatoms. The number of carbonyl (C=O) groups is 1. The first kappa shape index (κ1) is 15.5. The van der Waals surface area contributed by atoms with Gasteiger partial charge in [0.2, 0.25) is 0 Å². The molecule has 114 valence electrons. The van der Waals surface area contributed by atoms with E-state index in [-0.39, 0.29) is 5.82 Å². The van der Waals surface area contributed by atoms with E-state index in [1.165, 1.54) is 24.3 Å². The molecule has 0 spiro atoms. The lowest BCUT2D eigenvalue weighted by Crippen LogP contribution is -2.35. The van der Waals surface area contributed by atoms with Crippen molar-refractivity contribution < 1.29 is 14.0 Å². The number of rotatable bonds is 5. The number of nitrogens with zero attached hydrogens (tertiary/aromatic N) is 1. The van der Waals surface area contributed by atoms with Crippen molar-refractivity contribution in [3.8, 4) is 5.75 Å². The van der Waals surface area contributed by atoms with Gasteiger partial charge in [-0.3, -0.25) is 0 Å². The van der Waals surface area contributed by atoms with Crippen molar-refractivity contribution in [2.45, 2.75) is 13.3 Å². The van der Waals surface area contributed by atoms with Gasteiger partial charge >= 0.3 is 6.03 Å². The van der Waals surface area contributed by atoms with Crippen molar-refractivity contribution in [2.24, 2.45) is 5.10 Å². The molecule has 2 amide bonds. The summed E-state index contributed by atoms with van der Waals surface area (Å²) in [7, 11) is 0. The second-order valence-electron chi connectivity index (χ2n) is 4.38. The summed E-state index contributed by atoms with van der Waals surface area (Å²) >= 11 is 0. The third kappa shape index (κ3) is 4.59. The van der Waals surface area contributed by atoms with Crippen LogP contribution in [-0.4, -0.2) is 11.7 Å². The van der Waals surface area contributed by atoms with Crippen LogP contribution in [0.25, 0.3) is 0 Å². The fourth-order valence-corrected chi connectivity index (χ4v) is 1.73. The topological polar surface area (TPSA) is 62.7 Å². The molecule has 2 N–H and O–H groups in total. The summed E-state index contributed by atoms with van der Waals surface area (Å²) in [6, 6.07) is 14.2. The van der Waals surface area contributed by atoms with Gasteiger partial charge in [-0.1, -0.05) is 37.3 Å². The number of halogens is 1. The Bertz CT molecular complexity index is 642. The molecule has 0 bridgehead atoms. The lowest BCUT2D eigenvalue weighted by Gasteiger charge is -2.07.